The Balaban J connectivity index is 2.50. The molecule has 0 atom stereocenters. The topological polar surface area (TPSA) is 76.5 Å². The number of aryl methyl sites for hydroxylation is 1. The number of hydrogen-bond acceptors (Lipinski definition) is 4. The number of carboxylic acid groups (broad SMARTS) is 1. The fourth-order valence-electron chi connectivity index (χ4n) is 1.31. The van der Waals surface area contributed by atoms with Crippen LogP contribution < -0.4 is 0 Å². The lowest BCUT2D eigenvalue weighted by Crippen LogP contribution is -1.99. The maximum atomic E-state index is 12.5. The first kappa shape index (κ1) is 11.3. The highest BCUT2D eigenvalue weighted by Crippen LogP contribution is 2.29. The first-order chi connectivity index (χ1) is 7.99. The van der Waals surface area contributed by atoms with Gasteiger partial charge in [0, 0.05) is 0 Å². The molecule has 0 saturated heterocycles. The van der Waals surface area contributed by atoms with Crippen molar-refractivity contribution in [3.63, 3.8) is 0 Å². The van der Waals surface area contributed by atoms with Gasteiger partial charge in [-0.15, -0.1) is 0 Å². The van der Waals surface area contributed by atoms with Gasteiger partial charge in [-0.3, -0.25) is 0 Å². The highest BCUT2D eigenvalue weighted by atomic mass is 19.3. The Labute approximate surface area is 93.7 Å². The van der Waals surface area contributed by atoms with Gasteiger partial charge in [0.15, 0.2) is 5.69 Å². The molecule has 5 nitrogen and oxygen atoms in total. The molecule has 0 amide bonds. The van der Waals surface area contributed by atoms with Crippen LogP contribution in [0.2, 0.25) is 0 Å². The first-order valence-corrected chi connectivity index (χ1v) is 4.56. The van der Waals surface area contributed by atoms with E-state index in [1.165, 1.54) is 12.3 Å². The summed E-state index contributed by atoms with van der Waals surface area (Å²) in [5.41, 5.74) is -0.566. The summed E-state index contributed by atoms with van der Waals surface area (Å²) in [6.07, 6.45) is -1.76. The number of carbonyl (C=O) groups is 1. The van der Waals surface area contributed by atoms with Crippen LogP contribution in [0.1, 0.15) is 28.4 Å². The summed E-state index contributed by atoms with van der Waals surface area (Å²) in [7, 11) is 0. The molecular weight excluding hydrogens is 236 g/mol. The van der Waals surface area contributed by atoms with Crippen LogP contribution in [0.3, 0.4) is 0 Å². The number of carboxylic acids is 1. The number of furan rings is 1. The summed E-state index contributed by atoms with van der Waals surface area (Å²) in [5.74, 6) is -2.10. The van der Waals surface area contributed by atoms with E-state index in [2.05, 4.69) is 4.98 Å². The molecule has 0 aliphatic carbocycles. The first-order valence-electron chi connectivity index (χ1n) is 4.56. The molecule has 0 aliphatic rings. The van der Waals surface area contributed by atoms with Crippen LogP contribution in [-0.4, -0.2) is 16.1 Å². The van der Waals surface area contributed by atoms with E-state index in [1.54, 1.807) is 6.92 Å². The SMILES string of the molecule is Cc1cc(-c2nc(C(F)F)c(C(=O)O)o2)co1. The summed E-state index contributed by atoms with van der Waals surface area (Å²) in [5, 5.41) is 8.69. The third-order valence-electron chi connectivity index (χ3n) is 2.03. The fourth-order valence-corrected chi connectivity index (χ4v) is 1.31. The number of aromatic nitrogens is 1. The van der Waals surface area contributed by atoms with Crippen LogP contribution in [0.25, 0.3) is 11.5 Å². The second kappa shape index (κ2) is 4.00. The molecule has 1 N–H and O–H groups in total. The molecule has 0 bridgehead atoms. The molecule has 17 heavy (non-hydrogen) atoms. The zero-order chi connectivity index (χ0) is 12.6. The predicted octanol–water partition coefficient (Wildman–Crippen LogP) is 2.88. The lowest BCUT2D eigenvalue weighted by atomic mass is 10.3. The Bertz CT molecular complexity index is 558. The van der Waals surface area contributed by atoms with Crippen molar-refractivity contribution in [3.05, 3.63) is 29.5 Å². The molecule has 0 aliphatic heterocycles. The van der Waals surface area contributed by atoms with Crippen LogP contribution in [0.5, 0.6) is 0 Å². The van der Waals surface area contributed by atoms with E-state index in [-0.39, 0.29) is 5.89 Å². The van der Waals surface area contributed by atoms with E-state index >= 15 is 0 Å². The predicted molar refractivity (Wildman–Crippen MR) is 50.9 cm³/mol. The van der Waals surface area contributed by atoms with Gasteiger partial charge < -0.3 is 13.9 Å². The smallest absolute Gasteiger partial charge is 0.374 e. The van der Waals surface area contributed by atoms with Gasteiger partial charge in [0.05, 0.1) is 5.56 Å². The number of halogens is 2. The quantitative estimate of drug-likeness (QED) is 0.896. The van der Waals surface area contributed by atoms with Gasteiger partial charge in [-0.05, 0) is 13.0 Å². The van der Waals surface area contributed by atoms with E-state index in [0.717, 1.165) is 0 Å². The van der Waals surface area contributed by atoms with Gasteiger partial charge in [-0.1, -0.05) is 0 Å². The second-order valence-electron chi connectivity index (χ2n) is 3.29. The molecule has 0 aromatic carbocycles. The van der Waals surface area contributed by atoms with E-state index in [1.807, 2.05) is 0 Å². The van der Waals surface area contributed by atoms with Crippen molar-refractivity contribution in [1.82, 2.24) is 4.98 Å². The average molecular weight is 243 g/mol. The molecule has 0 spiro atoms. The third kappa shape index (κ3) is 2.03. The third-order valence-corrected chi connectivity index (χ3v) is 2.03. The van der Waals surface area contributed by atoms with Gasteiger partial charge in [0.25, 0.3) is 6.43 Å². The van der Waals surface area contributed by atoms with Gasteiger partial charge in [0.2, 0.25) is 11.7 Å². The van der Waals surface area contributed by atoms with E-state index < -0.39 is 23.8 Å². The lowest BCUT2D eigenvalue weighted by molar-refractivity contribution is 0.0647. The second-order valence-corrected chi connectivity index (χ2v) is 3.29. The van der Waals surface area contributed by atoms with Crippen molar-refractivity contribution in [3.8, 4) is 11.5 Å². The average Bonchev–Trinajstić information content (AvgIpc) is 2.82. The number of nitrogens with zero attached hydrogens (tertiary/aromatic N) is 1. The van der Waals surface area contributed by atoms with Crippen molar-refractivity contribution in [2.24, 2.45) is 0 Å². The molecule has 2 aromatic rings. The molecule has 2 aromatic heterocycles. The maximum Gasteiger partial charge on any atom is 0.374 e. The Kier molecular flexibility index (Phi) is 2.66. The van der Waals surface area contributed by atoms with Crippen LogP contribution in [0.4, 0.5) is 8.78 Å². The molecule has 0 unspecified atom stereocenters. The number of hydrogen-bond donors (Lipinski definition) is 1. The maximum absolute atomic E-state index is 12.5. The van der Waals surface area contributed by atoms with Gasteiger partial charge in [-0.25, -0.2) is 18.6 Å². The van der Waals surface area contributed by atoms with E-state index in [9.17, 15) is 13.6 Å². The Morgan fingerprint density at radius 1 is 1.53 bits per heavy atom. The van der Waals surface area contributed by atoms with Crippen molar-refractivity contribution in [2.45, 2.75) is 13.3 Å². The molecule has 0 fully saturated rings. The summed E-state index contributed by atoms with van der Waals surface area (Å²) < 4.78 is 34.8. The highest BCUT2D eigenvalue weighted by Gasteiger charge is 2.27. The van der Waals surface area contributed by atoms with E-state index in [4.69, 9.17) is 13.9 Å². The zero-order valence-corrected chi connectivity index (χ0v) is 8.61. The summed E-state index contributed by atoms with van der Waals surface area (Å²) in [6.45, 7) is 1.65. The van der Waals surface area contributed by atoms with Crippen LogP contribution >= 0.6 is 0 Å². The normalized spacial score (nSPS) is 11.1. The minimum absolute atomic E-state index is 0.199. The van der Waals surface area contributed by atoms with E-state index in [0.29, 0.717) is 11.3 Å². The van der Waals surface area contributed by atoms with Gasteiger partial charge in [0.1, 0.15) is 12.0 Å². The Morgan fingerprint density at radius 2 is 2.24 bits per heavy atom. The molecule has 7 heteroatoms. The van der Waals surface area contributed by atoms with Gasteiger partial charge >= 0.3 is 5.97 Å². The molecular formula is C10H7F2NO4. The molecule has 2 rings (SSSR count). The van der Waals surface area contributed by atoms with Crippen molar-refractivity contribution in [1.29, 1.82) is 0 Å². The number of oxazole rings is 1. The zero-order valence-electron chi connectivity index (χ0n) is 8.61. The summed E-state index contributed by atoms with van der Waals surface area (Å²) in [6, 6.07) is 1.51. The Hall–Kier alpha value is -2.18. The summed E-state index contributed by atoms with van der Waals surface area (Å²) in [4.78, 5) is 14.1. The summed E-state index contributed by atoms with van der Waals surface area (Å²) >= 11 is 0. The van der Waals surface area contributed by atoms with Crippen molar-refractivity contribution < 1.29 is 27.5 Å². The molecule has 2 heterocycles. The largest absolute Gasteiger partial charge is 0.475 e. The van der Waals surface area contributed by atoms with Crippen LogP contribution in [0.15, 0.2) is 21.2 Å². The minimum Gasteiger partial charge on any atom is -0.475 e. The van der Waals surface area contributed by atoms with Crippen LogP contribution in [-0.2, 0) is 0 Å². The monoisotopic (exact) mass is 243 g/mol. The molecule has 90 valence electrons. The highest BCUT2D eigenvalue weighted by molar-refractivity contribution is 5.86. The Morgan fingerprint density at radius 3 is 2.65 bits per heavy atom. The number of aromatic carboxylic acids is 1. The molecule has 0 radical (unpaired) electrons. The van der Waals surface area contributed by atoms with Crippen molar-refractivity contribution in [2.75, 3.05) is 0 Å². The number of alkyl halides is 2. The fraction of sp³-hybridized carbons (Fsp3) is 0.200. The number of rotatable bonds is 3. The van der Waals surface area contributed by atoms with Crippen molar-refractivity contribution >= 4 is 5.97 Å². The minimum atomic E-state index is -3.01. The molecule has 0 saturated carbocycles. The van der Waals surface area contributed by atoms with Crippen LogP contribution in [0, 0.1) is 6.92 Å². The van der Waals surface area contributed by atoms with Gasteiger partial charge in [-0.2, -0.15) is 0 Å². The standard InChI is InChI=1S/C10H7F2NO4/c1-4-2-5(3-16-4)9-13-6(8(11)12)7(17-9)10(14)15/h2-3,8H,1H3,(H,14,15). The lowest BCUT2D eigenvalue weighted by Gasteiger charge is -1.91.